The van der Waals surface area contributed by atoms with Crippen LogP contribution in [0.1, 0.15) is 6.42 Å². The summed E-state index contributed by atoms with van der Waals surface area (Å²) in [5, 5.41) is 3.28. The van der Waals surface area contributed by atoms with Gasteiger partial charge in [0.2, 0.25) is 5.91 Å². The number of amides is 1. The van der Waals surface area contributed by atoms with Gasteiger partial charge in [0, 0.05) is 52.0 Å². The number of methoxy groups -OCH3 is 2. The number of nitrogens with zero attached hydrogens (tertiary/aromatic N) is 1. The third kappa shape index (κ3) is 5.56. The summed E-state index contributed by atoms with van der Waals surface area (Å²) in [6.45, 7) is 3.57. The van der Waals surface area contributed by atoms with Crippen LogP contribution in [0.5, 0.6) is 0 Å². The van der Waals surface area contributed by atoms with Crippen molar-refractivity contribution in [3.63, 3.8) is 0 Å². The Morgan fingerprint density at radius 3 is 2.72 bits per heavy atom. The molecule has 106 valence electrons. The van der Waals surface area contributed by atoms with E-state index in [0.29, 0.717) is 19.8 Å². The van der Waals surface area contributed by atoms with E-state index in [4.69, 9.17) is 9.47 Å². The van der Waals surface area contributed by atoms with E-state index in [0.717, 1.165) is 31.0 Å². The number of thioether (sulfide) groups is 1. The Hall–Kier alpha value is -0.300. The fourth-order valence-corrected chi connectivity index (χ4v) is 2.80. The van der Waals surface area contributed by atoms with Gasteiger partial charge in [-0.05, 0) is 6.42 Å². The van der Waals surface area contributed by atoms with Crippen molar-refractivity contribution in [1.82, 2.24) is 10.2 Å². The first-order valence-electron chi connectivity index (χ1n) is 6.37. The second kappa shape index (κ2) is 9.61. The molecular formula is C12H24N2O3S. The molecule has 0 saturated carbocycles. The molecule has 1 unspecified atom stereocenters. The average molecular weight is 276 g/mol. The summed E-state index contributed by atoms with van der Waals surface area (Å²) >= 11 is 1.83. The third-order valence-electron chi connectivity index (χ3n) is 2.87. The maximum Gasteiger partial charge on any atom is 0.240 e. The van der Waals surface area contributed by atoms with Gasteiger partial charge in [-0.25, -0.2) is 0 Å². The molecule has 0 spiro atoms. The van der Waals surface area contributed by atoms with Crippen molar-refractivity contribution in [3.05, 3.63) is 0 Å². The topological polar surface area (TPSA) is 50.8 Å². The predicted octanol–water partition coefficient (Wildman–Crippen LogP) is 0.203. The molecule has 1 aliphatic heterocycles. The van der Waals surface area contributed by atoms with Crippen LogP contribution in [0.4, 0.5) is 0 Å². The molecule has 1 rings (SSSR count). The van der Waals surface area contributed by atoms with Gasteiger partial charge in [-0.15, -0.1) is 0 Å². The molecule has 1 aliphatic rings. The largest absolute Gasteiger partial charge is 0.385 e. The summed E-state index contributed by atoms with van der Waals surface area (Å²) in [6.07, 6.45) is 0.867. The lowest BCUT2D eigenvalue weighted by molar-refractivity contribution is -0.133. The Balaban J connectivity index is 2.42. The zero-order valence-corrected chi connectivity index (χ0v) is 12.1. The first-order valence-corrected chi connectivity index (χ1v) is 7.53. The van der Waals surface area contributed by atoms with Crippen molar-refractivity contribution in [3.8, 4) is 0 Å². The summed E-state index contributed by atoms with van der Waals surface area (Å²) in [5.74, 6) is 2.15. The Bertz CT molecular complexity index is 235. The number of rotatable bonds is 8. The second-order valence-electron chi connectivity index (χ2n) is 4.25. The van der Waals surface area contributed by atoms with Gasteiger partial charge in [0.1, 0.15) is 0 Å². The minimum Gasteiger partial charge on any atom is -0.385 e. The Kier molecular flexibility index (Phi) is 8.41. The molecule has 0 aromatic rings. The van der Waals surface area contributed by atoms with Gasteiger partial charge < -0.3 is 19.7 Å². The molecule has 1 N–H and O–H groups in total. The standard InChI is InChI=1S/C12H24N2O3S/c1-16-7-3-5-14(6-8-17-2)12(15)11-10-18-9-4-13-11/h11,13H,3-10H2,1-2H3. The zero-order valence-electron chi connectivity index (χ0n) is 11.3. The SMILES string of the molecule is COCCCN(CCOC)C(=O)C1CSCCN1. The molecule has 1 amide bonds. The van der Waals surface area contributed by atoms with E-state index in [1.54, 1.807) is 14.2 Å². The van der Waals surface area contributed by atoms with E-state index >= 15 is 0 Å². The maximum absolute atomic E-state index is 12.4. The highest BCUT2D eigenvalue weighted by Crippen LogP contribution is 2.10. The fraction of sp³-hybridized carbons (Fsp3) is 0.917. The highest BCUT2D eigenvalue weighted by atomic mass is 32.2. The number of hydrogen-bond donors (Lipinski definition) is 1. The Labute approximate surface area is 114 Å². The van der Waals surface area contributed by atoms with Crippen molar-refractivity contribution in [2.24, 2.45) is 0 Å². The lowest BCUT2D eigenvalue weighted by Crippen LogP contribution is -2.51. The summed E-state index contributed by atoms with van der Waals surface area (Å²) in [4.78, 5) is 14.2. The number of carbonyl (C=O) groups excluding carboxylic acids is 1. The number of ether oxygens (including phenoxy) is 2. The molecule has 6 heteroatoms. The molecule has 5 nitrogen and oxygen atoms in total. The minimum atomic E-state index is -0.0387. The van der Waals surface area contributed by atoms with Gasteiger partial charge in [0.05, 0.1) is 12.6 Å². The third-order valence-corrected chi connectivity index (χ3v) is 3.94. The van der Waals surface area contributed by atoms with Gasteiger partial charge in [-0.1, -0.05) is 0 Å². The Morgan fingerprint density at radius 2 is 2.11 bits per heavy atom. The summed E-state index contributed by atoms with van der Waals surface area (Å²) in [7, 11) is 3.34. The molecule has 1 heterocycles. The van der Waals surface area contributed by atoms with Crippen molar-refractivity contribution in [2.75, 3.05) is 58.6 Å². The van der Waals surface area contributed by atoms with Crippen LogP contribution in [0.2, 0.25) is 0 Å². The quantitative estimate of drug-likeness (QED) is 0.642. The van der Waals surface area contributed by atoms with Crippen molar-refractivity contribution >= 4 is 17.7 Å². The highest BCUT2D eigenvalue weighted by molar-refractivity contribution is 7.99. The Morgan fingerprint density at radius 1 is 1.33 bits per heavy atom. The molecule has 0 aromatic heterocycles. The van der Waals surface area contributed by atoms with Crippen molar-refractivity contribution in [2.45, 2.75) is 12.5 Å². The number of hydrogen-bond acceptors (Lipinski definition) is 5. The molecule has 1 fully saturated rings. The lowest BCUT2D eigenvalue weighted by atomic mass is 10.2. The van der Waals surface area contributed by atoms with Crippen LogP contribution in [0.15, 0.2) is 0 Å². The molecule has 1 atom stereocenters. The average Bonchev–Trinajstić information content (AvgIpc) is 2.43. The molecule has 0 bridgehead atoms. The zero-order chi connectivity index (χ0) is 13.2. The van der Waals surface area contributed by atoms with E-state index in [2.05, 4.69) is 5.32 Å². The molecule has 0 radical (unpaired) electrons. The van der Waals surface area contributed by atoms with Crippen LogP contribution in [-0.2, 0) is 14.3 Å². The van der Waals surface area contributed by atoms with Crippen LogP contribution >= 0.6 is 11.8 Å². The van der Waals surface area contributed by atoms with E-state index < -0.39 is 0 Å². The molecular weight excluding hydrogens is 252 g/mol. The number of nitrogens with one attached hydrogen (secondary N) is 1. The smallest absolute Gasteiger partial charge is 0.240 e. The summed E-state index contributed by atoms with van der Waals surface area (Å²) in [6, 6.07) is -0.0387. The van der Waals surface area contributed by atoms with E-state index in [-0.39, 0.29) is 11.9 Å². The van der Waals surface area contributed by atoms with Crippen LogP contribution in [0, 0.1) is 0 Å². The van der Waals surface area contributed by atoms with E-state index in [1.165, 1.54) is 0 Å². The van der Waals surface area contributed by atoms with E-state index in [9.17, 15) is 4.79 Å². The second-order valence-corrected chi connectivity index (χ2v) is 5.40. The van der Waals surface area contributed by atoms with Gasteiger partial charge in [-0.3, -0.25) is 4.79 Å². The highest BCUT2D eigenvalue weighted by Gasteiger charge is 2.25. The van der Waals surface area contributed by atoms with Crippen LogP contribution in [-0.4, -0.2) is 75.4 Å². The molecule has 18 heavy (non-hydrogen) atoms. The van der Waals surface area contributed by atoms with Gasteiger partial charge >= 0.3 is 0 Å². The van der Waals surface area contributed by atoms with Gasteiger partial charge in [0.25, 0.3) is 0 Å². The van der Waals surface area contributed by atoms with E-state index in [1.807, 2.05) is 16.7 Å². The van der Waals surface area contributed by atoms with Gasteiger partial charge in [0.15, 0.2) is 0 Å². The fourth-order valence-electron chi connectivity index (χ4n) is 1.88. The monoisotopic (exact) mass is 276 g/mol. The first kappa shape index (κ1) is 15.8. The predicted molar refractivity (Wildman–Crippen MR) is 74.1 cm³/mol. The molecule has 1 saturated heterocycles. The first-order chi connectivity index (χ1) is 8.79. The van der Waals surface area contributed by atoms with Crippen LogP contribution < -0.4 is 5.32 Å². The summed E-state index contributed by atoms with van der Waals surface area (Å²) in [5.41, 5.74) is 0. The number of carbonyl (C=O) groups is 1. The molecule has 0 aliphatic carbocycles. The van der Waals surface area contributed by atoms with Crippen LogP contribution in [0.3, 0.4) is 0 Å². The minimum absolute atomic E-state index is 0.0387. The van der Waals surface area contributed by atoms with Crippen molar-refractivity contribution in [1.29, 1.82) is 0 Å². The van der Waals surface area contributed by atoms with Crippen LogP contribution in [0.25, 0.3) is 0 Å². The maximum atomic E-state index is 12.4. The van der Waals surface area contributed by atoms with Gasteiger partial charge in [-0.2, -0.15) is 11.8 Å². The molecule has 0 aromatic carbocycles. The lowest BCUT2D eigenvalue weighted by Gasteiger charge is -2.29. The van der Waals surface area contributed by atoms with Crippen molar-refractivity contribution < 1.29 is 14.3 Å². The summed E-state index contributed by atoms with van der Waals surface area (Å²) < 4.78 is 10.1. The normalized spacial score (nSPS) is 19.8.